The number of thiocarbonyl (C=S) groups is 1. The summed E-state index contributed by atoms with van der Waals surface area (Å²) in [6.45, 7) is 7.49. The summed E-state index contributed by atoms with van der Waals surface area (Å²) in [6, 6.07) is 5.40. The van der Waals surface area contributed by atoms with Gasteiger partial charge in [-0.25, -0.2) is 0 Å². The molecule has 126 valence electrons. The third-order valence-electron chi connectivity index (χ3n) is 3.63. The molecule has 0 saturated carbocycles. The van der Waals surface area contributed by atoms with Crippen molar-refractivity contribution >= 4 is 46.2 Å². The molecule has 0 bridgehead atoms. The highest BCUT2D eigenvalue weighted by atomic mass is 35.5. The van der Waals surface area contributed by atoms with Gasteiger partial charge in [0.25, 0.3) is 0 Å². The topological polar surface area (TPSA) is 50.1 Å². The van der Waals surface area contributed by atoms with Crippen LogP contribution in [0.1, 0.15) is 12.5 Å². The second kappa shape index (κ2) is 9.39. The molecular formula is C15H21Cl2N4OS+. The van der Waals surface area contributed by atoms with Gasteiger partial charge in [0, 0.05) is 0 Å². The Hall–Kier alpha value is -0.920. The Morgan fingerprint density at radius 1 is 1.30 bits per heavy atom. The third kappa shape index (κ3) is 6.24. The van der Waals surface area contributed by atoms with Crippen molar-refractivity contribution < 1.29 is 9.64 Å². The molecule has 0 unspecified atom stereocenters. The fourth-order valence-corrected chi connectivity index (χ4v) is 2.67. The molecule has 3 N–H and O–H groups in total. The largest absolute Gasteiger partial charge is 0.370 e. The minimum absolute atomic E-state index is 0.507. The number of quaternary nitrogens is 1. The third-order valence-corrected chi connectivity index (χ3v) is 4.60. The number of hydrogen-bond acceptors (Lipinski definition) is 3. The molecule has 1 aliphatic rings. The first-order valence-corrected chi connectivity index (χ1v) is 8.67. The molecule has 8 heteroatoms. The Bertz CT molecular complexity index is 577. The molecule has 5 nitrogen and oxygen atoms in total. The van der Waals surface area contributed by atoms with Crippen molar-refractivity contribution in [2.75, 3.05) is 39.4 Å². The molecule has 1 heterocycles. The summed E-state index contributed by atoms with van der Waals surface area (Å²) in [7, 11) is 0. The van der Waals surface area contributed by atoms with E-state index in [-0.39, 0.29) is 0 Å². The van der Waals surface area contributed by atoms with Gasteiger partial charge in [-0.1, -0.05) is 29.3 Å². The van der Waals surface area contributed by atoms with Gasteiger partial charge >= 0.3 is 0 Å². The lowest BCUT2D eigenvalue weighted by Gasteiger charge is -2.23. The molecule has 0 atom stereocenters. The SMILES string of the molecule is C/C(=N/NC(=S)NCC[NH+]1CCOCC1)c1ccc(Cl)c(Cl)c1. The molecule has 1 aromatic rings. The fraction of sp³-hybridized carbons (Fsp3) is 0.467. The van der Waals surface area contributed by atoms with Gasteiger partial charge < -0.3 is 15.0 Å². The van der Waals surface area contributed by atoms with Crippen molar-refractivity contribution in [2.24, 2.45) is 5.10 Å². The van der Waals surface area contributed by atoms with E-state index in [9.17, 15) is 0 Å². The molecule has 0 radical (unpaired) electrons. The van der Waals surface area contributed by atoms with Crippen LogP contribution in [0.3, 0.4) is 0 Å². The fourth-order valence-electron chi connectivity index (χ4n) is 2.22. The molecule has 1 fully saturated rings. The number of hydrogen-bond donors (Lipinski definition) is 3. The summed E-state index contributed by atoms with van der Waals surface area (Å²) < 4.78 is 5.34. The van der Waals surface area contributed by atoms with Crippen LogP contribution in [0.2, 0.25) is 10.0 Å². The van der Waals surface area contributed by atoms with Gasteiger partial charge in [-0.05, 0) is 36.8 Å². The monoisotopic (exact) mass is 375 g/mol. The maximum absolute atomic E-state index is 6.01. The molecule has 0 aliphatic carbocycles. The van der Waals surface area contributed by atoms with Gasteiger partial charge in [0.2, 0.25) is 0 Å². The van der Waals surface area contributed by atoms with E-state index in [4.69, 9.17) is 40.2 Å². The van der Waals surface area contributed by atoms with E-state index < -0.39 is 0 Å². The van der Waals surface area contributed by atoms with Crippen LogP contribution in [-0.4, -0.2) is 50.2 Å². The Balaban J connectivity index is 1.74. The number of benzene rings is 1. The lowest BCUT2D eigenvalue weighted by Crippen LogP contribution is -3.14. The first-order valence-electron chi connectivity index (χ1n) is 7.51. The highest BCUT2D eigenvalue weighted by molar-refractivity contribution is 7.80. The number of ether oxygens (including phenoxy) is 1. The molecule has 0 spiro atoms. The zero-order valence-corrected chi connectivity index (χ0v) is 15.3. The van der Waals surface area contributed by atoms with E-state index in [1.807, 2.05) is 13.0 Å². The second-order valence-electron chi connectivity index (χ2n) is 5.31. The Morgan fingerprint density at radius 3 is 2.74 bits per heavy atom. The van der Waals surface area contributed by atoms with Gasteiger partial charge in [0.05, 0.1) is 42.1 Å². The molecule has 1 aliphatic heterocycles. The van der Waals surface area contributed by atoms with Crippen molar-refractivity contribution in [2.45, 2.75) is 6.92 Å². The first kappa shape index (κ1) is 18.4. The molecule has 1 aromatic carbocycles. The van der Waals surface area contributed by atoms with E-state index in [0.29, 0.717) is 15.2 Å². The maximum Gasteiger partial charge on any atom is 0.187 e. The van der Waals surface area contributed by atoms with E-state index in [1.165, 1.54) is 4.90 Å². The maximum atomic E-state index is 6.01. The standard InChI is InChI=1S/C15H20Cl2N4OS/c1-11(12-2-3-13(16)14(17)10-12)19-20-15(23)18-4-5-21-6-8-22-9-7-21/h2-3,10H,4-9H2,1H3,(H2,18,20,23)/p+1/b19-11-. The summed E-state index contributed by atoms with van der Waals surface area (Å²) >= 11 is 17.1. The Labute approximate surface area is 152 Å². The summed E-state index contributed by atoms with van der Waals surface area (Å²) in [4.78, 5) is 1.53. The van der Waals surface area contributed by atoms with Crippen LogP contribution in [0.15, 0.2) is 23.3 Å². The molecule has 1 saturated heterocycles. The van der Waals surface area contributed by atoms with E-state index in [0.717, 1.165) is 50.7 Å². The lowest BCUT2D eigenvalue weighted by atomic mass is 10.1. The highest BCUT2D eigenvalue weighted by Gasteiger charge is 2.12. The smallest absolute Gasteiger partial charge is 0.187 e. The van der Waals surface area contributed by atoms with Gasteiger partial charge in [-0.2, -0.15) is 5.10 Å². The van der Waals surface area contributed by atoms with Crippen molar-refractivity contribution in [3.05, 3.63) is 33.8 Å². The molecule has 2 rings (SSSR count). The minimum Gasteiger partial charge on any atom is -0.370 e. The van der Waals surface area contributed by atoms with Crippen molar-refractivity contribution in [3.63, 3.8) is 0 Å². The number of rotatable bonds is 5. The predicted molar refractivity (Wildman–Crippen MR) is 98.8 cm³/mol. The van der Waals surface area contributed by atoms with Crippen LogP contribution >= 0.6 is 35.4 Å². The van der Waals surface area contributed by atoms with Crippen LogP contribution in [0.25, 0.3) is 0 Å². The lowest BCUT2D eigenvalue weighted by molar-refractivity contribution is -0.906. The molecule has 0 aromatic heterocycles. The number of halogens is 2. The minimum atomic E-state index is 0.507. The second-order valence-corrected chi connectivity index (χ2v) is 6.53. The normalized spacial score (nSPS) is 16.2. The van der Waals surface area contributed by atoms with Crippen molar-refractivity contribution in [3.8, 4) is 0 Å². The zero-order valence-electron chi connectivity index (χ0n) is 13.0. The van der Waals surface area contributed by atoms with Crippen molar-refractivity contribution in [1.29, 1.82) is 0 Å². The Morgan fingerprint density at radius 2 is 2.04 bits per heavy atom. The predicted octanol–water partition coefficient (Wildman–Crippen LogP) is 1.10. The van der Waals surface area contributed by atoms with Crippen LogP contribution in [-0.2, 0) is 4.74 Å². The van der Waals surface area contributed by atoms with Gasteiger partial charge in [-0.3, -0.25) is 5.43 Å². The number of morpholine rings is 1. The number of nitrogens with one attached hydrogen (secondary N) is 3. The molecule has 0 amide bonds. The van der Waals surface area contributed by atoms with Gasteiger partial charge in [-0.15, -0.1) is 0 Å². The molecule has 23 heavy (non-hydrogen) atoms. The number of nitrogens with zero attached hydrogens (tertiary/aromatic N) is 1. The summed E-state index contributed by atoms with van der Waals surface area (Å²) in [5.41, 5.74) is 4.53. The average Bonchev–Trinajstić information content (AvgIpc) is 2.56. The summed E-state index contributed by atoms with van der Waals surface area (Å²) in [5, 5.41) is 8.97. The highest BCUT2D eigenvalue weighted by Crippen LogP contribution is 2.22. The van der Waals surface area contributed by atoms with Crippen LogP contribution in [0.5, 0.6) is 0 Å². The van der Waals surface area contributed by atoms with Crippen molar-refractivity contribution in [1.82, 2.24) is 10.7 Å². The van der Waals surface area contributed by atoms with E-state index in [2.05, 4.69) is 15.8 Å². The summed E-state index contributed by atoms with van der Waals surface area (Å²) in [6.07, 6.45) is 0. The van der Waals surface area contributed by atoms with Gasteiger partial charge in [0.15, 0.2) is 5.11 Å². The van der Waals surface area contributed by atoms with E-state index in [1.54, 1.807) is 12.1 Å². The summed E-state index contributed by atoms with van der Waals surface area (Å²) in [5.74, 6) is 0. The molecular weight excluding hydrogens is 355 g/mol. The average molecular weight is 376 g/mol. The first-order chi connectivity index (χ1) is 11.1. The van der Waals surface area contributed by atoms with Crippen LogP contribution < -0.4 is 15.6 Å². The van der Waals surface area contributed by atoms with Crippen LogP contribution in [0, 0.1) is 0 Å². The van der Waals surface area contributed by atoms with Gasteiger partial charge in [0.1, 0.15) is 13.1 Å². The van der Waals surface area contributed by atoms with Crippen LogP contribution in [0.4, 0.5) is 0 Å². The number of hydrazone groups is 1. The zero-order chi connectivity index (χ0) is 16.7. The quantitative estimate of drug-likeness (QED) is 0.409. The van der Waals surface area contributed by atoms with E-state index >= 15 is 0 Å². The Kier molecular flexibility index (Phi) is 7.52.